The number of fused-ring (bicyclic) bond motifs is 1. The van der Waals surface area contributed by atoms with Crippen LogP contribution in [0.2, 0.25) is 0 Å². The van der Waals surface area contributed by atoms with Crippen LogP contribution in [0.1, 0.15) is 0 Å². The number of thiocarbonyl (C=S) groups is 1. The molecular weight excluding hydrogens is 216 g/mol. The molecule has 0 amide bonds. The summed E-state index contributed by atoms with van der Waals surface area (Å²) < 4.78 is 0.604. The number of imidazole rings is 1. The summed E-state index contributed by atoms with van der Waals surface area (Å²) in [7, 11) is 0. The molecule has 0 saturated heterocycles. The molecule has 1 heterocycles. The van der Waals surface area contributed by atoms with Crippen molar-refractivity contribution in [3.05, 3.63) is 23.0 Å². The topological polar surface area (TPSA) is 69.6 Å². The minimum Gasteiger partial charge on any atom is -0.376 e. The van der Waals surface area contributed by atoms with E-state index in [2.05, 4.69) is 15.3 Å². The summed E-state index contributed by atoms with van der Waals surface area (Å²) in [5, 5.41) is 3.10. The molecule has 5 N–H and O–H groups in total. The molecule has 0 aliphatic heterocycles. The normalized spacial score (nSPS) is 10.3. The zero-order chi connectivity index (χ0) is 10.1. The third-order valence-corrected chi connectivity index (χ3v) is 2.09. The van der Waals surface area contributed by atoms with Gasteiger partial charge in [0.15, 0.2) is 9.88 Å². The van der Waals surface area contributed by atoms with Crippen molar-refractivity contribution in [2.24, 2.45) is 5.73 Å². The maximum Gasteiger partial charge on any atom is 0.175 e. The Balaban J connectivity index is 2.50. The number of hydrogen-bond donors (Lipinski definition) is 4. The van der Waals surface area contributed by atoms with E-state index in [-0.39, 0.29) is 5.11 Å². The number of anilines is 1. The van der Waals surface area contributed by atoms with Crippen LogP contribution in [0.3, 0.4) is 0 Å². The van der Waals surface area contributed by atoms with E-state index in [1.54, 1.807) is 0 Å². The summed E-state index contributed by atoms with van der Waals surface area (Å²) in [6.07, 6.45) is 0. The van der Waals surface area contributed by atoms with Crippen LogP contribution < -0.4 is 11.1 Å². The Hall–Kier alpha value is -1.40. The molecule has 0 aliphatic carbocycles. The van der Waals surface area contributed by atoms with Crippen molar-refractivity contribution in [3.63, 3.8) is 0 Å². The van der Waals surface area contributed by atoms with Crippen molar-refractivity contribution < 1.29 is 0 Å². The van der Waals surface area contributed by atoms with Gasteiger partial charge in [0.25, 0.3) is 0 Å². The lowest BCUT2D eigenvalue weighted by Crippen LogP contribution is -2.18. The fraction of sp³-hybridized carbons (Fsp3) is 0. The summed E-state index contributed by atoms with van der Waals surface area (Å²) in [6.45, 7) is 0. The fourth-order valence-corrected chi connectivity index (χ4v) is 1.59. The van der Waals surface area contributed by atoms with Gasteiger partial charge in [-0.1, -0.05) is 0 Å². The highest BCUT2D eigenvalue weighted by molar-refractivity contribution is 7.80. The first kappa shape index (κ1) is 9.17. The van der Waals surface area contributed by atoms with Crippen LogP contribution in [0, 0.1) is 4.77 Å². The van der Waals surface area contributed by atoms with Gasteiger partial charge in [-0.05, 0) is 42.6 Å². The highest BCUT2D eigenvalue weighted by Crippen LogP contribution is 2.15. The quantitative estimate of drug-likeness (QED) is 0.558. The Morgan fingerprint density at radius 2 is 2.00 bits per heavy atom. The number of aromatic nitrogens is 2. The van der Waals surface area contributed by atoms with Crippen LogP contribution in [-0.2, 0) is 0 Å². The SMILES string of the molecule is NC(=S)Nc1ccc2[nH]c(=S)[nH]c2c1. The molecule has 72 valence electrons. The molecule has 4 nitrogen and oxygen atoms in total. The van der Waals surface area contributed by atoms with E-state index >= 15 is 0 Å². The number of rotatable bonds is 1. The van der Waals surface area contributed by atoms with Crippen LogP contribution in [0.4, 0.5) is 5.69 Å². The molecule has 0 spiro atoms. The summed E-state index contributed by atoms with van der Waals surface area (Å²) in [6, 6.07) is 5.67. The number of benzene rings is 1. The van der Waals surface area contributed by atoms with Gasteiger partial charge in [0.1, 0.15) is 0 Å². The molecule has 2 rings (SSSR count). The molecule has 0 atom stereocenters. The largest absolute Gasteiger partial charge is 0.376 e. The Labute approximate surface area is 90.5 Å². The van der Waals surface area contributed by atoms with Gasteiger partial charge in [-0.3, -0.25) is 0 Å². The number of hydrogen-bond acceptors (Lipinski definition) is 2. The van der Waals surface area contributed by atoms with Gasteiger partial charge in [-0.15, -0.1) is 0 Å². The average Bonchev–Trinajstić information content (AvgIpc) is 2.42. The molecule has 0 saturated carbocycles. The van der Waals surface area contributed by atoms with Crippen LogP contribution >= 0.6 is 24.4 Å². The van der Waals surface area contributed by atoms with Gasteiger partial charge in [0, 0.05) is 5.69 Å². The minimum atomic E-state index is 0.249. The Bertz CT molecular complexity index is 540. The summed E-state index contributed by atoms with van der Waals surface area (Å²) in [4.78, 5) is 6.01. The Morgan fingerprint density at radius 1 is 1.29 bits per heavy atom. The van der Waals surface area contributed by atoms with Crippen LogP contribution in [0.25, 0.3) is 11.0 Å². The van der Waals surface area contributed by atoms with Gasteiger partial charge in [-0.2, -0.15) is 0 Å². The van der Waals surface area contributed by atoms with Crippen molar-refractivity contribution >= 4 is 46.3 Å². The third-order valence-electron chi connectivity index (χ3n) is 1.78. The monoisotopic (exact) mass is 224 g/mol. The van der Waals surface area contributed by atoms with Crippen molar-refractivity contribution in [2.45, 2.75) is 0 Å². The van der Waals surface area contributed by atoms with Gasteiger partial charge < -0.3 is 21.0 Å². The summed E-state index contributed by atoms with van der Waals surface area (Å²) in [5.41, 5.74) is 8.09. The van der Waals surface area contributed by atoms with E-state index in [4.69, 9.17) is 30.2 Å². The third kappa shape index (κ3) is 1.75. The Kier molecular flexibility index (Phi) is 2.22. The molecule has 0 fully saturated rings. The molecule has 0 radical (unpaired) electrons. The molecule has 14 heavy (non-hydrogen) atoms. The van der Waals surface area contributed by atoms with Gasteiger partial charge in [-0.25, -0.2) is 0 Å². The number of nitrogens with two attached hydrogens (primary N) is 1. The maximum atomic E-state index is 5.36. The van der Waals surface area contributed by atoms with E-state index in [0.29, 0.717) is 4.77 Å². The number of H-pyrrole nitrogens is 2. The maximum absolute atomic E-state index is 5.36. The molecule has 0 aliphatic rings. The Morgan fingerprint density at radius 3 is 2.71 bits per heavy atom. The van der Waals surface area contributed by atoms with E-state index in [0.717, 1.165) is 16.7 Å². The van der Waals surface area contributed by atoms with E-state index in [1.165, 1.54) is 0 Å². The highest BCUT2D eigenvalue weighted by Gasteiger charge is 1.98. The zero-order valence-corrected chi connectivity index (χ0v) is 8.76. The van der Waals surface area contributed by atoms with Gasteiger partial charge in [0.2, 0.25) is 0 Å². The van der Waals surface area contributed by atoms with Crippen LogP contribution in [0.5, 0.6) is 0 Å². The first-order valence-corrected chi connectivity index (χ1v) is 4.75. The highest BCUT2D eigenvalue weighted by atomic mass is 32.1. The lowest BCUT2D eigenvalue weighted by Gasteiger charge is -2.02. The fourth-order valence-electron chi connectivity index (χ4n) is 1.25. The molecule has 2 aromatic rings. The van der Waals surface area contributed by atoms with Gasteiger partial charge in [0.05, 0.1) is 11.0 Å². The van der Waals surface area contributed by atoms with E-state index < -0.39 is 0 Å². The molecule has 0 bridgehead atoms. The second-order valence-electron chi connectivity index (χ2n) is 2.83. The van der Waals surface area contributed by atoms with Crippen molar-refractivity contribution in [1.82, 2.24) is 9.97 Å². The smallest absolute Gasteiger partial charge is 0.175 e. The predicted molar refractivity (Wildman–Crippen MR) is 63.9 cm³/mol. The standard InChI is InChI=1S/C8H8N4S2/c9-7(13)10-4-1-2-5-6(3-4)12-8(14)11-5/h1-3H,(H3,9,10,13)(H2,11,12,14). The predicted octanol–water partition coefficient (Wildman–Crippen LogP) is 1.88. The van der Waals surface area contributed by atoms with E-state index in [9.17, 15) is 0 Å². The first-order valence-electron chi connectivity index (χ1n) is 3.93. The molecule has 0 unspecified atom stereocenters. The summed E-state index contributed by atoms with van der Waals surface area (Å²) >= 11 is 9.70. The van der Waals surface area contributed by atoms with Crippen LogP contribution in [0.15, 0.2) is 18.2 Å². The zero-order valence-electron chi connectivity index (χ0n) is 7.13. The molecule has 6 heteroatoms. The molecule has 1 aromatic carbocycles. The second-order valence-corrected chi connectivity index (χ2v) is 3.68. The second kappa shape index (κ2) is 3.39. The molecular formula is C8H8N4S2. The number of nitrogens with one attached hydrogen (secondary N) is 3. The van der Waals surface area contributed by atoms with E-state index in [1.807, 2.05) is 18.2 Å². The van der Waals surface area contributed by atoms with Crippen molar-refractivity contribution in [3.8, 4) is 0 Å². The average molecular weight is 224 g/mol. The summed E-state index contributed by atoms with van der Waals surface area (Å²) in [5.74, 6) is 0. The van der Waals surface area contributed by atoms with Crippen molar-refractivity contribution in [2.75, 3.05) is 5.32 Å². The molecule has 1 aromatic heterocycles. The first-order chi connectivity index (χ1) is 6.65. The van der Waals surface area contributed by atoms with Gasteiger partial charge >= 0.3 is 0 Å². The lowest BCUT2D eigenvalue weighted by atomic mass is 10.3. The minimum absolute atomic E-state index is 0.249. The number of aromatic amines is 2. The lowest BCUT2D eigenvalue weighted by molar-refractivity contribution is 1.30. The van der Waals surface area contributed by atoms with Crippen molar-refractivity contribution in [1.29, 1.82) is 0 Å². The van der Waals surface area contributed by atoms with Crippen LogP contribution in [-0.4, -0.2) is 15.1 Å².